The highest BCUT2D eigenvalue weighted by atomic mass is 79.9. The topological polar surface area (TPSA) is 122 Å². The molecule has 0 aliphatic rings. The van der Waals surface area contributed by atoms with Gasteiger partial charge < -0.3 is 10.1 Å². The average Bonchev–Trinajstić information content (AvgIpc) is 2.92. The van der Waals surface area contributed by atoms with Crippen LogP contribution in [0.4, 0.5) is 17.1 Å². The summed E-state index contributed by atoms with van der Waals surface area (Å²) in [6.07, 6.45) is 0. The van der Waals surface area contributed by atoms with Gasteiger partial charge in [0.05, 0.1) is 22.6 Å². The zero-order valence-electron chi connectivity index (χ0n) is 20.6. The van der Waals surface area contributed by atoms with Crippen molar-refractivity contribution in [2.75, 3.05) is 28.0 Å². The van der Waals surface area contributed by atoms with E-state index >= 15 is 0 Å². The molecule has 1 amide bonds. The Balaban J connectivity index is 1.50. The molecule has 0 bridgehead atoms. The Bertz CT molecular complexity index is 1660. The SMILES string of the molecule is COc1ccc(NS(=O)(=O)c2ccc(NC(=O)CN(c3cccc(Br)c3)S(=O)(=O)c3ccccc3)cc2)cc1. The maximum Gasteiger partial charge on any atom is 0.264 e. The van der Waals surface area contributed by atoms with Gasteiger partial charge in [-0.2, -0.15) is 0 Å². The molecule has 0 aliphatic heterocycles. The second-order valence-corrected chi connectivity index (χ2v) is 12.7. The molecule has 9 nitrogen and oxygen atoms in total. The molecule has 0 saturated carbocycles. The lowest BCUT2D eigenvalue weighted by Gasteiger charge is -2.24. The van der Waals surface area contributed by atoms with Gasteiger partial charge in [0.25, 0.3) is 20.0 Å². The number of carbonyl (C=O) groups is 1. The zero-order valence-corrected chi connectivity index (χ0v) is 23.8. The summed E-state index contributed by atoms with van der Waals surface area (Å²) < 4.78 is 61.6. The number of sulfonamides is 2. The molecular formula is C27H24BrN3O6S2. The minimum absolute atomic E-state index is 0.0151. The van der Waals surface area contributed by atoms with Gasteiger partial charge in [-0.15, -0.1) is 0 Å². The number of nitrogens with zero attached hydrogens (tertiary/aromatic N) is 1. The number of hydrogen-bond acceptors (Lipinski definition) is 6. The van der Waals surface area contributed by atoms with E-state index in [-0.39, 0.29) is 9.79 Å². The molecule has 4 aromatic carbocycles. The Morgan fingerprint density at radius 3 is 2.05 bits per heavy atom. The van der Waals surface area contributed by atoms with E-state index in [0.29, 0.717) is 27.3 Å². The minimum atomic E-state index is -4.06. The predicted octanol–water partition coefficient (Wildman–Crippen LogP) is 5.09. The average molecular weight is 631 g/mol. The molecule has 4 rings (SSSR count). The van der Waals surface area contributed by atoms with Crippen LogP contribution < -0.4 is 19.1 Å². The standard InChI is InChI=1S/C27H24BrN3O6S2/c1-37-24-14-10-22(11-15-24)30-38(33,34)25-16-12-21(13-17-25)29-27(32)19-31(23-7-5-6-20(28)18-23)39(35,36)26-8-3-2-4-9-26/h2-18,30H,19H2,1H3,(H,29,32). The van der Waals surface area contributed by atoms with Crippen molar-refractivity contribution < 1.29 is 26.4 Å². The first-order chi connectivity index (χ1) is 18.6. The Hall–Kier alpha value is -3.87. The Morgan fingerprint density at radius 2 is 1.44 bits per heavy atom. The number of benzene rings is 4. The van der Waals surface area contributed by atoms with Crippen molar-refractivity contribution in [2.45, 2.75) is 9.79 Å². The van der Waals surface area contributed by atoms with Crippen LogP contribution in [0.1, 0.15) is 0 Å². The molecule has 4 aromatic rings. The molecule has 0 aliphatic carbocycles. The summed E-state index contributed by atoms with van der Waals surface area (Å²) in [4.78, 5) is 13.0. The first-order valence-corrected chi connectivity index (χ1v) is 15.2. The van der Waals surface area contributed by atoms with Crippen molar-refractivity contribution in [3.8, 4) is 5.75 Å². The van der Waals surface area contributed by atoms with Crippen molar-refractivity contribution in [1.29, 1.82) is 0 Å². The number of anilines is 3. The smallest absolute Gasteiger partial charge is 0.264 e. The second kappa shape index (κ2) is 11.9. The van der Waals surface area contributed by atoms with Gasteiger partial charge in [-0.25, -0.2) is 16.8 Å². The van der Waals surface area contributed by atoms with Crippen LogP contribution in [-0.2, 0) is 24.8 Å². The van der Waals surface area contributed by atoms with Crippen LogP contribution in [0, 0.1) is 0 Å². The van der Waals surface area contributed by atoms with Gasteiger partial charge in [-0.1, -0.05) is 40.2 Å². The fraction of sp³-hybridized carbons (Fsp3) is 0.0741. The summed E-state index contributed by atoms with van der Waals surface area (Å²) in [5, 5.41) is 2.64. The van der Waals surface area contributed by atoms with Crippen molar-refractivity contribution in [2.24, 2.45) is 0 Å². The second-order valence-electron chi connectivity index (χ2n) is 8.21. The molecule has 39 heavy (non-hydrogen) atoms. The molecule has 0 fully saturated rings. The lowest BCUT2D eigenvalue weighted by Crippen LogP contribution is -2.38. The van der Waals surface area contributed by atoms with E-state index in [1.807, 2.05) is 0 Å². The van der Waals surface area contributed by atoms with Crippen LogP contribution in [0.5, 0.6) is 5.75 Å². The molecule has 0 unspecified atom stereocenters. The fourth-order valence-electron chi connectivity index (χ4n) is 3.59. The summed E-state index contributed by atoms with van der Waals surface area (Å²) in [5.41, 5.74) is 0.963. The third-order valence-electron chi connectivity index (χ3n) is 5.51. The summed E-state index contributed by atoms with van der Waals surface area (Å²) in [7, 11) is -6.43. The number of carbonyl (C=O) groups excluding carboxylic acids is 1. The summed E-state index contributed by atoms with van der Waals surface area (Å²) in [6, 6.07) is 26.4. The third kappa shape index (κ3) is 6.96. The summed E-state index contributed by atoms with van der Waals surface area (Å²) in [5.74, 6) is -0.0190. The lowest BCUT2D eigenvalue weighted by molar-refractivity contribution is -0.114. The number of methoxy groups -OCH3 is 1. The number of ether oxygens (including phenoxy) is 1. The van der Waals surface area contributed by atoms with E-state index in [1.54, 1.807) is 66.7 Å². The first-order valence-electron chi connectivity index (χ1n) is 11.5. The molecule has 0 heterocycles. The fourth-order valence-corrected chi connectivity index (χ4v) is 6.47. The van der Waals surface area contributed by atoms with E-state index < -0.39 is 32.5 Å². The van der Waals surface area contributed by atoms with E-state index in [9.17, 15) is 21.6 Å². The third-order valence-corrected chi connectivity index (χ3v) is 9.18. The highest BCUT2D eigenvalue weighted by Crippen LogP contribution is 2.27. The molecular weight excluding hydrogens is 606 g/mol. The highest BCUT2D eigenvalue weighted by molar-refractivity contribution is 9.10. The Labute approximate surface area is 235 Å². The predicted molar refractivity (Wildman–Crippen MR) is 154 cm³/mol. The van der Waals surface area contributed by atoms with E-state index in [0.717, 1.165) is 4.31 Å². The van der Waals surface area contributed by atoms with Gasteiger partial charge in [-0.3, -0.25) is 13.8 Å². The molecule has 202 valence electrons. The number of halogens is 1. The molecule has 0 radical (unpaired) electrons. The van der Waals surface area contributed by atoms with Gasteiger partial charge in [0.2, 0.25) is 5.91 Å². The van der Waals surface area contributed by atoms with Gasteiger partial charge in [-0.05, 0) is 78.9 Å². The summed E-state index contributed by atoms with van der Waals surface area (Å²) >= 11 is 3.34. The van der Waals surface area contributed by atoms with Crippen molar-refractivity contribution in [3.05, 3.63) is 108 Å². The first kappa shape index (κ1) is 28.1. The zero-order chi connectivity index (χ0) is 28.0. The van der Waals surface area contributed by atoms with Crippen molar-refractivity contribution >= 4 is 58.9 Å². The van der Waals surface area contributed by atoms with Gasteiger partial charge >= 0.3 is 0 Å². The quantitative estimate of drug-likeness (QED) is 0.252. The van der Waals surface area contributed by atoms with Gasteiger partial charge in [0.15, 0.2) is 0 Å². The van der Waals surface area contributed by atoms with E-state index in [4.69, 9.17) is 4.74 Å². The molecule has 0 spiro atoms. The molecule has 2 N–H and O–H groups in total. The van der Waals surface area contributed by atoms with Crippen LogP contribution in [0.15, 0.2) is 117 Å². The highest BCUT2D eigenvalue weighted by Gasteiger charge is 2.27. The van der Waals surface area contributed by atoms with E-state index in [1.165, 1.54) is 43.5 Å². The van der Waals surface area contributed by atoms with Crippen LogP contribution in [0.25, 0.3) is 0 Å². The van der Waals surface area contributed by atoms with Crippen LogP contribution >= 0.6 is 15.9 Å². The number of rotatable bonds is 10. The van der Waals surface area contributed by atoms with Crippen LogP contribution in [-0.4, -0.2) is 36.4 Å². The lowest BCUT2D eigenvalue weighted by atomic mass is 10.3. The maximum atomic E-state index is 13.4. The number of hydrogen-bond donors (Lipinski definition) is 2. The summed E-state index contributed by atoms with van der Waals surface area (Å²) in [6.45, 7) is -0.507. The van der Waals surface area contributed by atoms with Crippen molar-refractivity contribution in [3.63, 3.8) is 0 Å². The normalized spacial score (nSPS) is 11.4. The van der Waals surface area contributed by atoms with Gasteiger partial charge in [0, 0.05) is 15.8 Å². The number of nitrogens with one attached hydrogen (secondary N) is 2. The molecule has 0 atom stereocenters. The van der Waals surface area contributed by atoms with E-state index in [2.05, 4.69) is 26.0 Å². The minimum Gasteiger partial charge on any atom is -0.497 e. The molecule has 0 aromatic heterocycles. The Morgan fingerprint density at radius 1 is 0.795 bits per heavy atom. The monoisotopic (exact) mass is 629 g/mol. The molecule has 0 saturated heterocycles. The maximum absolute atomic E-state index is 13.4. The largest absolute Gasteiger partial charge is 0.497 e. The molecule has 12 heteroatoms. The van der Waals surface area contributed by atoms with Gasteiger partial charge in [0.1, 0.15) is 12.3 Å². The number of amides is 1. The van der Waals surface area contributed by atoms with Crippen LogP contribution in [0.2, 0.25) is 0 Å². The Kier molecular flexibility index (Phi) is 8.58. The van der Waals surface area contributed by atoms with Crippen LogP contribution in [0.3, 0.4) is 0 Å². The van der Waals surface area contributed by atoms with Crippen molar-refractivity contribution in [1.82, 2.24) is 0 Å².